The summed E-state index contributed by atoms with van der Waals surface area (Å²) in [5.41, 5.74) is 0.0412. The van der Waals surface area contributed by atoms with E-state index in [1.54, 1.807) is 0 Å². The highest BCUT2D eigenvalue weighted by Gasteiger charge is 2.14. The zero-order chi connectivity index (χ0) is 12.3. The number of halogens is 2. The molecule has 86 valence electrons. The zero-order valence-corrected chi connectivity index (χ0v) is 10.2. The van der Waals surface area contributed by atoms with Crippen molar-refractivity contribution in [3.63, 3.8) is 0 Å². The molecule has 0 saturated carbocycles. The highest BCUT2D eigenvalue weighted by molar-refractivity contribution is 6.32. The molecule has 0 radical (unpaired) electrons. The summed E-state index contributed by atoms with van der Waals surface area (Å²) in [4.78, 5) is 6.88. The van der Waals surface area contributed by atoms with Gasteiger partial charge in [-0.15, -0.1) is 0 Å². The Bertz CT molecular complexity index is 432. The molecule has 0 atom stereocenters. The van der Waals surface area contributed by atoms with Crippen molar-refractivity contribution < 1.29 is 4.39 Å². The van der Waals surface area contributed by atoms with E-state index in [0.29, 0.717) is 6.54 Å². The van der Waals surface area contributed by atoms with Crippen LogP contribution < -0.4 is 5.32 Å². The molecule has 0 fully saturated rings. The topological polar surface area (TPSA) is 29.3 Å². The summed E-state index contributed by atoms with van der Waals surface area (Å²) in [5, 5.41) is 2.89. The van der Waals surface area contributed by atoms with Crippen LogP contribution >= 0.6 is 11.6 Å². The molecule has 3 nitrogen and oxygen atoms in total. The minimum absolute atomic E-state index is 0.0130. The van der Waals surface area contributed by atoms with E-state index in [0.717, 1.165) is 6.07 Å². The third kappa shape index (κ3) is 3.35. The molecule has 1 aromatic rings. The molecule has 0 spiro atoms. The lowest BCUT2D eigenvalue weighted by Gasteiger charge is -2.19. The Balaban J connectivity index is 2.91. The zero-order valence-electron chi connectivity index (χ0n) is 9.43. The van der Waals surface area contributed by atoms with Gasteiger partial charge in [0, 0.05) is 6.54 Å². The summed E-state index contributed by atoms with van der Waals surface area (Å²) in [5.74, 6) is -0.466. The minimum atomic E-state index is -0.556. The van der Waals surface area contributed by atoms with Crippen molar-refractivity contribution >= 4 is 23.1 Å². The Morgan fingerprint density at radius 3 is 2.69 bits per heavy atom. The number of hydrogen-bond acceptors (Lipinski definition) is 2. The Hall–Kier alpha value is -1.34. The van der Waals surface area contributed by atoms with Crippen molar-refractivity contribution in [1.82, 2.24) is 4.98 Å². The smallest absolute Gasteiger partial charge is 0.226 e. The van der Waals surface area contributed by atoms with E-state index < -0.39 is 5.82 Å². The van der Waals surface area contributed by atoms with Crippen LogP contribution in [-0.2, 0) is 0 Å². The van der Waals surface area contributed by atoms with E-state index in [4.69, 9.17) is 18.2 Å². The van der Waals surface area contributed by atoms with E-state index in [2.05, 4.69) is 15.1 Å². The average molecular weight is 242 g/mol. The van der Waals surface area contributed by atoms with Gasteiger partial charge in [-0.1, -0.05) is 32.4 Å². The summed E-state index contributed by atoms with van der Waals surface area (Å²) >= 11 is 5.72. The van der Waals surface area contributed by atoms with Crippen LogP contribution in [0.5, 0.6) is 0 Å². The molecule has 0 bridgehead atoms. The lowest BCUT2D eigenvalue weighted by atomic mass is 9.97. The first-order valence-electron chi connectivity index (χ1n) is 4.81. The normalized spacial score (nSPS) is 11.0. The van der Waals surface area contributed by atoms with Crippen molar-refractivity contribution in [3.05, 3.63) is 28.5 Å². The fourth-order valence-corrected chi connectivity index (χ4v) is 1.19. The number of hydrogen-bond donors (Lipinski definition) is 1. The third-order valence-electron chi connectivity index (χ3n) is 1.82. The maximum Gasteiger partial charge on any atom is 0.226 e. The van der Waals surface area contributed by atoms with Gasteiger partial charge in [0.1, 0.15) is 5.15 Å². The molecule has 0 aliphatic carbocycles. The van der Waals surface area contributed by atoms with Crippen LogP contribution in [0.15, 0.2) is 6.07 Å². The van der Waals surface area contributed by atoms with Gasteiger partial charge < -0.3 is 5.32 Å². The molecular weight excluding hydrogens is 229 g/mol. The predicted octanol–water partition coefficient (Wildman–Crippen LogP) is 3.88. The molecule has 0 aromatic carbocycles. The number of nitrogens with zero attached hydrogens (tertiary/aromatic N) is 2. The van der Waals surface area contributed by atoms with E-state index >= 15 is 0 Å². The lowest BCUT2D eigenvalue weighted by Crippen LogP contribution is -2.20. The first kappa shape index (κ1) is 12.7. The quantitative estimate of drug-likeness (QED) is 0.629. The van der Waals surface area contributed by atoms with Crippen LogP contribution in [0.25, 0.3) is 4.85 Å². The van der Waals surface area contributed by atoms with E-state index in [1.807, 2.05) is 20.8 Å². The highest BCUT2D eigenvalue weighted by Crippen LogP contribution is 2.27. The van der Waals surface area contributed by atoms with Crippen LogP contribution in [0.1, 0.15) is 20.8 Å². The first-order chi connectivity index (χ1) is 7.33. The standard InChI is InChI=1S/C11H13ClFN3/c1-11(2,3)6-15-10-7(13)5-8(14-4)9(12)16-10/h5H,6H2,1-3H3,(H,15,16). The Morgan fingerprint density at radius 2 is 2.19 bits per heavy atom. The molecule has 0 aliphatic rings. The molecule has 1 N–H and O–H groups in total. The van der Waals surface area contributed by atoms with E-state index in [1.165, 1.54) is 0 Å². The largest absolute Gasteiger partial charge is 0.367 e. The SMILES string of the molecule is [C-]#[N+]c1cc(F)c(NCC(C)(C)C)nc1Cl. The number of aromatic nitrogens is 1. The molecule has 0 unspecified atom stereocenters. The van der Waals surface area contributed by atoms with Crippen LogP contribution in [-0.4, -0.2) is 11.5 Å². The summed E-state index contributed by atoms with van der Waals surface area (Å²) in [6.07, 6.45) is 0. The fourth-order valence-electron chi connectivity index (χ4n) is 1.01. The molecule has 5 heteroatoms. The van der Waals surface area contributed by atoms with Gasteiger partial charge in [0.25, 0.3) is 0 Å². The maximum atomic E-state index is 13.5. The van der Waals surface area contributed by atoms with Gasteiger partial charge in [-0.05, 0) is 11.5 Å². The second kappa shape index (κ2) is 4.67. The molecule has 0 saturated heterocycles. The number of rotatable bonds is 2. The second-order valence-corrected chi connectivity index (χ2v) is 5.01. The van der Waals surface area contributed by atoms with Gasteiger partial charge in [-0.2, -0.15) is 0 Å². The minimum Gasteiger partial charge on any atom is -0.367 e. The summed E-state index contributed by atoms with van der Waals surface area (Å²) in [6.45, 7) is 13.4. The number of anilines is 1. The Kier molecular flexibility index (Phi) is 3.71. The molecular formula is C11H13ClFN3. The Labute approximate surface area is 99.5 Å². The van der Waals surface area contributed by atoms with Gasteiger partial charge in [0.05, 0.1) is 6.57 Å². The van der Waals surface area contributed by atoms with Crippen LogP contribution in [0.2, 0.25) is 5.15 Å². The molecule has 0 aliphatic heterocycles. The average Bonchev–Trinajstić information content (AvgIpc) is 2.17. The van der Waals surface area contributed by atoms with Crippen molar-refractivity contribution in [1.29, 1.82) is 0 Å². The monoisotopic (exact) mass is 241 g/mol. The highest BCUT2D eigenvalue weighted by atomic mass is 35.5. The fraction of sp³-hybridized carbons (Fsp3) is 0.455. The van der Waals surface area contributed by atoms with Gasteiger partial charge in [-0.25, -0.2) is 14.2 Å². The van der Waals surface area contributed by atoms with E-state index in [-0.39, 0.29) is 22.1 Å². The molecule has 1 heterocycles. The number of nitrogens with one attached hydrogen (secondary N) is 1. The van der Waals surface area contributed by atoms with Gasteiger partial charge in [0.2, 0.25) is 5.69 Å². The Morgan fingerprint density at radius 1 is 1.56 bits per heavy atom. The molecule has 1 rings (SSSR count). The first-order valence-corrected chi connectivity index (χ1v) is 5.18. The van der Waals surface area contributed by atoms with Crippen molar-refractivity contribution in [2.24, 2.45) is 5.41 Å². The van der Waals surface area contributed by atoms with Crippen molar-refractivity contribution in [2.45, 2.75) is 20.8 Å². The third-order valence-corrected chi connectivity index (χ3v) is 2.10. The molecule has 0 amide bonds. The van der Waals surface area contributed by atoms with Gasteiger partial charge in [0.15, 0.2) is 11.6 Å². The molecule has 1 aromatic heterocycles. The summed E-state index contributed by atoms with van der Waals surface area (Å²) in [6, 6.07) is 1.09. The molecule has 16 heavy (non-hydrogen) atoms. The maximum absolute atomic E-state index is 13.5. The summed E-state index contributed by atoms with van der Waals surface area (Å²) < 4.78 is 13.5. The van der Waals surface area contributed by atoms with Crippen molar-refractivity contribution in [3.8, 4) is 0 Å². The summed E-state index contributed by atoms with van der Waals surface area (Å²) in [7, 11) is 0. The van der Waals surface area contributed by atoms with Crippen LogP contribution in [0.4, 0.5) is 15.9 Å². The predicted molar refractivity (Wildman–Crippen MR) is 63.4 cm³/mol. The van der Waals surface area contributed by atoms with Crippen LogP contribution in [0.3, 0.4) is 0 Å². The lowest BCUT2D eigenvalue weighted by molar-refractivity contribution is 0.441. The van der Waals surface area contributed by atoms with Crippen molar-refractivity contribution in [2.75, 3.05) is 11.9 Å². The van der Waals surface area contributed by atoms with Gasteiger partial charge >= 0.3 is 0 Å². The number of pyridine rings is 1. The van der Waals surface area contributed by atoms with Gasteiger partial charge in [-0.3, -0.25) is 0 Å². The van der Waals surface area contributed by atoms with E-state index in [9.17, 15) is 4.39 Å². The van der Waals surface area contributed by atoms with Crippen LogP contribution in [0, 0.1) is 17.8 Å². The second-order valence-electron chi connectivity index (χ2n) is 4.65.